The van der Waals surface area contributed by atoms with Crippen LogP contribution in [0, 0.1) is 20.8 Å². The third kappa shape index (κ3) is 3.16. The summed E-state index contributed by atoms with van der Waals surface area (Å²) >= 11 is 1.40. The third-order valence-electron chi connectivity index (χ3n) is 5.00. The van der Waals surface area contributed by atoms with Crippen LogP contribution in [0.15, 0.2) is 48.7 Å². The number of hydrogen-bond donors (Lipinski definition) is 1. The van der Waals surface area contributed by atoms with Gasteiger partial charge in [-0.25, -0.2) is 4.98 Å². The van der Waals surface area contributed by atoms with Crippen LogP contribution < -0.4 is 10.1 Å². The molecule has 0 aliphatic heterocycles. The van der Waals surface area contributed by atoms with E-state index in [4.69, 9.17) is 9.72 Å². The van der Waals surface area contributed by atoms with Crippen LogP contribution in [0.4, 0.5) is 5.69 Å². The lowest BCUT2D eigenvalue weighted by molar-refractivity contribution is 0.102. The second-order valence-electron chi connectivity index (χ2n) is 6.73. The molecule has 2 aromatic heterocycles. The van der Waals surface area contributed by atoms with E-state index in [9.17, 15) is 4.79 Å². The predicted octanol–water partition coefficient (Wildman–Crippen LogP) is 5.25. The molecule has 0 unspecified atom stereocenters. The Morgan fingerprint density at radius 2 is 1.86 bits per heavy atom. The summed E-state index contributed by atoms with van der Waals surface area (Å²) in [7, 11) is 1.65. The maximum absolute atomic E-state index is 12.8. The Labute approximate surface area is 167 Å². The van der Waals surface area contributed by atoms with E-state index in [1.165, 1.54) is 11.3 Å². The summed E-state index contributed by atoms with van der Waals surface area (Å²) in [5.41, 5.74) is 5.84. The maximum Gasteiger partial charge on any atom is 0.267 e. The Morgan fingerprint density at radius 1 is 1.11 bits per heavy atom. The summed E-state index contributed by atoms with van der Waals surface area (Å²) in [6.45, 7) is 6.00. The van der Waals surface area contributed by atoms with Gasteiger partial charge in [0.05, 0.1) is 12.8 Å². The Hall–Kier alpha value is -3.12. The number of aromatic nitrogens is 2. The van der Waals surface area contributed by atoms with Gasteiger partial charge in [-0.3, -0.25) is 9.20 Å². The third-order valence-corrected chi connectivity index (χ3v) is 6.16. The molecule has 1 N–H and O–H groups in total. The van der Waals surface area contributed by atoms with Gasteiger partial charge in [0.25, 0.3) is 5.91 Å². The number of nitrogens with one attached hydrogen (secondary N) is 1. The van der Waals surface area contributed by atoms with Gasteiger partial charge >= 0.3 is 0 Å². The van der Waals surface area contributed by atoms with E-state index in [1.54, 1.807) is 7.11 Å². The van der Waals surface area contributed by atoms with Crippen molar-refractivity contribution in [1.29, 1.82) is 0 Å². The van der Waals surface area contributed by atoms with Gasteiger partial charge in [0, 0.05) is 23.1 Å². The van der Waals surface area contributed by atoms with Crippen molar-refractivity contribution < 1.29 is 9.53 Å². The molecule has 0 atom stereocenters. The Balaban J connectivity index is 1.64. The maximum atomic E-state index is 12.8. The highest BCUT2D eigenvalue weighted by atomic mass is 32.1. The average Bonchev–Trinajstić information content (AvgIpc) is 3.25. The monoisotopic (exact) mass is 391 g/mol. The van der Waals surface area contributed by atoms with Gasteiger partial charge in [-0.15, -0.1) is 0 Å². The Bertz CT molecular complexity index is 1170. The first-order valence-corrected chi connectivity index (χ1v) is 9.80. The molecule has 6 heteroatoms. The second kappa shape index (κ2) is 7.13. The number of methoxy groups -OCH3 is 1. The zero-order valence-corrected chi connectivity index (χ0v) is 17.1. The summed E-state index contributed by atoms with van der Waals surface area (Å²) in [4.78, 5) is 19.0. The zero-order valence-electron chi connectivity index (χ0n) is 16.2. The first-order chi connectivity index (χ1) is 13.5. The van der Waals surface area contributed by atoms with Crippen molar-refractivity contribution in [3.63, 3.8) is 0 Å². The van der Waals surface area contributed by atoms with Crippen molar-refractivity contribution in [2.24, 2.45) is 0 Å². The van der Waals surface area contributed by atoms with E-state index in [-0.39, 0.29) is 5.91 Å². The molecule has 0 saturated heterocycles. The van der Waals surface area contributed by atoms with Crippen LogP contribution in [-0.2, 0) is 0 Å². The van der Waals surface area contributed by atoms with E-state index < -0.39 is 0 Å². The minimum Gasteiger partial charge on any atom is -0.497 e. The van der Waals surface area contributed by atoms with Crippen molar-refractivity contribution in [2.45, 2.75) is 20.8 Å². The number of imidazole rings is 1. The fraction of sp³-hybridized carbons (Fsp3) is 0.182. The highest BCUT2D eigenvalue weighted by molar-refractivity contribution is 7.19. The number of rotatable bonds is 4. The molecule has 0 bridgehead atoms. The number of hydrogen-bond acceptors (Lipinski definition) is 4. The van der Waals surface area contributed by atoms with Crippen LogP contribution in [-0.4, -0.2) is 22.4 Å². The lowest BCUT2D eigenvalue weighted by Gasteiger charge is -2.09. The van der Waals surface area contributed by atoms with Crippen molar-refractivity contribution in [2.75, 3.05) is 12.4 Å². The molecule has 0 aliphatic carbocycles. The Morgan fingerprint density at radius 3 is 2.54 bits per heavy atom. The first kappa shape index (κ1) is 18.3. The number of amides is 1. The van der Waals surface area contributed by atoms with E-state index >= 15 is 0 Å². The standard InChI is InChI=1S/C22H21N3O2S/c1-13-6-5-7-18(14(13)2)23-21(26)20-15(3)25-12-19(24-22(25)28-20)16-8-10-17(27-4)11-9-16/h5-12H,1-4H3,(H,23,26). The number of aryl methyl sites for hydroxylation is 2. The highest BCUT2D eigenvalue weighted by Crippen LogP contribution is 2.29. The normalized spacial score (nSPS) is 11.0. The Kier molecular flexibility index (Phi) is 4.65. The molecule has 0 aliphatic rings. The van der Waals surface area contributed by atoms with Gasteiger partial charge in [0.2, 0.25) is 0 Å². The first-order valence-electron chi connectivity index (χ1n) is 8.98. The number of thiazole rings is 1. The number of fused-ring (bicyclic) bond motifs is 1. The van der Waals surface area contributed by atoms with Crippen LogP contribution in [0.25, 0.3) is 16.2 Å². The summed E-state index contributed by atoms with van der Waals surface area (Å²) in [6.07, 6.45) is 1.97. The molecule has 0 spiro atoms. The lowest BCUT2D eigenvalue weighted by atomic mass is 10.1. The molecular formula is C22H21N3O2S. The van der Waals surface area contributed by atoms with Gasteiger partial charge in [-0.2, -0.15) is 0 Å². The van der Waals surface area contributed by atoms with Gasteiger partial charge in [-0.1, -0.05) is 23.5 Å². The van der Waals surface area contributed by atoms with Crippen LogP contribution in [0.3, 0.4) is 0 Å². The molecule has 4 rings (SSSR count). The average molecular weight is 391 g/mol. The topological polar surface area (TPSA) is 55.6 Å². The zero-order chi connectivity index (χ0) is 19.8. The van der Waals surface area contributed by atoms with Crippen molar-refractivity contribution >= 4 is 27.9 Å². The van der Waals surface area contributed by atoms with Gasteiger partial charge in [0.1, 0.15) is 10.6 Å². The summed E-state index contributed by atoms with van der Waals surface area (Å²) in [6, 6.07) is 13.7. The smallest absolute Gasteiger partial charge is 0.267 e. The number of carbonyl (C=O) groups is 1. The molecule has 0 fully saturated rings. The number of nitrogens with zero attached hydrogens (tertiary/aromatic N) is 2. The molecular weight excluding hydrogens is 370 g/mol. The largest absolute Gasteiger partial charge is 0.497 e. The van der Waals surface area contributed by atoms with Crippen LogP contribution in [0.5, 0.6) is 5.75 Å². The molecule has 1 amide bonds. The number of anilines is 1. The van der Waals surface area contributed by atoms with Gasteiger partial charge in [0.15, 0.2) is 4.96 Å². The minimum absolute atomic E-state index is 0.104. The molecule has 4 aromatic rings. The molecule has 142 valence electrons. The number of ether oxygens (including phenoxy) is 1. The van der Waals surface area contributed by atoms with Crippen molar-refractivity contribution in [3.8, 4) is 17.0 Å². The molecule has 28 heavy (non-hydrogen) atoms. The van der Waals surface area contributed by atoms with Gasteiger partial charge in [-0.05, 0) is 62.2 Å². The molecule has 0 saturated carbocycles. The quantitative estimate of drug-likeness (QED) is 0.517. The fourth-order valence-corrected chi connectivity index (χ4v) is 4.13. The van der Waals surface area contributed by atoms with E-state index in [1.807, 2.05) is 73.8 Å². The number of carbonyl (C=O) groups excluding carboxylic acids is 1. The summed E-state index contributed by atoms with van der Waals surface area (Å²) < 4.78 is 7.18. The minimum atomic E-state index is -0.104. The summed E-state index contributed by atoms with van der Waals surface area (Å²) in [5, 5.41) is 3.03. The van der Waals surface area contributed by atoms with Crippen LogP contribution in [0.1, 0.15) is 26.5 Å². The SMILES string of the molecule is COc1ccc(-c2cn3c(C)c(C(=O)Nc4cccc(C)c4C)sc3n2)cc1. The van der Waals surface area contributed by atoms with Gasteiger partial charge < -0.3 is 10.1 Å². The summed E-state index contributed by atoms with van der Waals surface area (Å²) in [5.74, 6) is 0.707. The van der Waals surface area contributed by atoms with Crippen molar-refractivity contribution in [1.82, 2.24) is 9.38 Å². The van der Waals surface area contributed by atoms with Crippen LogP contribution in [0.2, 0.25) is 0 Å². The predicted molar refractivity (Wildman–Crippen MR) is 114 cm³/mol. The second-order valence-corrected chi connectivity index (χ2v) is 7.70. The van der Waals surface area contributed by atoms with E-state index in [2.05, 4.69) is 5.32 Å². The van der Waals surface area contributed by atoms with E-state index in [0.717, 1.165) is 44.5 Å². The highest BCUT2D eigenvalue weighted by Gasteiger charge is 2.19. The number of benzene rings is 2. The van der Waals surface area contributed by atoms with Crippen molar-refractivity contribution in [3.05, 3.63) is 70.4 Å². The molecule has 2 heterocycles. The fourth-order valence-electron chi connectivity index (χ4n) is 3.13. The molecule has 0 radical (unpaired) electrons. The van der Waals surface area contributed by atoms with Crippen LogP contribution >= 0.6 is 11.3 Å². The molecule has 2 aromatic carbocycles. The lowest BCUT2D eigenvalue weighted by Crippen LogP contribution is -2.13. The van der Waals surface area contributed by atoms with E-state index in [0.29, 0.717) is 4.88 Å². The molecule has 5 nitrogen and oxygen atoms in total.